The minimum Gasteiger partial charge on any atom is -0.322 e. The van der Waals surface area contributed by atoms with Gasteiger partial charge in [0.15, 0.2) is 0 Å². The van der Waals surface area contributed by atoms with Crippen LogP contribution >= 0.6 is 0 Å². The maximum Gasteiger partial charge on any atom is 0.255 e. The van der Waals surface area contributed by atoms with E-state index in [1.165, 1.54) is 43.4 Å². The summed E-state index contributed by atoms with van der Waals surface area (Å²) in [6.07, 6.45) is 7.18. The molecule has 1 amide bonds. The maximum atomic E-state index is 13.2. The zero-order valence-corrected chi connectivity index (χ0v) is 20.1. The van der Waals surface area contributed by atoms with Crippen molar-refractivity contribution in [3.05, 3.63) is 95.4 Å². The fourth-order valence-corrected chi connectivity index (χ4v) is 4.76. The zero-order chi connectivity index (χ0) is 24.2. The molecule has 178 valence electrons. The molecular formula is C30H30FN3O. The van der Waals surface area contributed by atoms with Gasteiger partial charge in [-0.05, 0) is 97.6 Å². The molecule has 5 rings (SSSR count). The summed E-state index contributed by atoms with van der Waals surface area (Å²) >= 11 is 0. The first-order chi connectivity index (χ1) is 17.0. The molecule has 1 aliphatic heterocycles. The fraction of sp³-hybridized carbons (Fsp3) is 0.267. The van der Waals surface area contributed by atoms with Crippen molar-refractivity contribution in [2.24, 2.45) is 0 Å². The molecule has 1 aromatic heterocycles. The van der Waals surface area contributed by atoms with Gasteiger partial charge in [0.05, 0.1) is 5.52 Å². The summed E-state index contributed by atoms with van der Waals surface area (Å²) in [6, 6.07) is 19.9. The lowest BCUT2D eigenvalue weighted by molar-refractivity contribution is 0.102. The van der Waals surface area contributed by atoms with Crippen LogP contribution in [0.5, 0.6) is 0 Å². The van der Waals surface area contributed by atoms with Crippen molar-refractivity contribution in [1.29, 1.82) is 0 Å². The van der Waals surface area contributed by atoms with E-state index in [0.717, 1.165) is 52.9 Å². The van der Waals surface area contributed by atoms with Crippen LogP contribution in [0.4, 0.5) is 10.1 Å². The highest BCUT2D eigenvalue weighted by Gasteiger charge is 2.12. The third-order valence-electron chi connectivity index (χ3n) is 6.76. The number of anilines is 1. The van der Waals surface area contributed by atoms with E-state index in [-0.39, 0.29) is 11.7 Å². The van der Waals surface area contributed by atoms with Gasteiger partial charge in [-0.3, -0.25) is 14.7 Å². The minimum atomic E-state index is -0.265. The summed E-state index contributed by atoms with van der Waals surface area (Å²) in [6.45, 7) is 5.27. The Balaban J connectivity index is 1.29. The lowest BCUT2D eigenvalue weighted by Crippen LogP contribution is -2.24. The first kappa shape index (κ1) is 23.2. The average molecular weight is 468 g/mol. The van der Waals surface area contributed by atoms with E-state index in [9.17, 15) is 9.18 Å². The third kappa shape index (κ3) is 5.57. The van der Waals surface area contributed by atoms with Crippen molar-refractivity contribution in [2.75, 3.05) is 18.4 Å². The van der Waals surface area contributed by atoms with Crippen LogP contribution in [0.15, 0.2) is 72.9 Å². The SMILES string of the molecule is Cc1cc2cc(CN3CCCCCC3)cnc2cc1NC(=O)c1ccc(-c2ccc(F)cc2)cc1. The average Bonchev–Trinajstić information content (AvgIpc) is 3.14. The highest BCUT2D eigenvalue weighted by atomic mass is 19.1. The quantitative estimate of drug-likeness (QED) is 0.344. The molecule has 5 heteroatoms. The number of hydrogen-bond acceptors (Lipinski definition) is 3. The molecule has 1 N–H and O–H groups in total. The van der Waals surface area contributed by atoms with Gasteiger partial charge in [0.2, 0.25) is 0 Å². The molecule has 0 unspecified atom stereocenters. The number of amides is 1. The van der Waals surface area contributed by atoms with Gasteiger partial charge in [0.25, 0.3) is 5.91 Å². The van der Waals surface area contributed by atoms with E-state index in [1.807, 2.05) is 31.3 Å². The van der Waals surface area contributed by atoms with Crippen LogP contribution in [0.1, 0.15) is 47.2 Å². The maximum absolute atomic E-state index is 13.2. The van der Waals surface area contributed by atoms with E-state index in [0.29, 0.717) is 5.56 Å². The molecule has 0 saturated carbocycles. The summed E-state index contributed by atoms with van der Waals surface area (Å²) < 4.78 is 13.2. The van der Waals surface area contributed by atoms with Gasteiger partial charge < -0.3 is 5.32 Å². The van der Waals surface area contributed by atoms with Crippen molar-refractivity contribution >= 4 is 22.5 Å². The van der Waals surface area contributed by atoms with Gasteiger partial charge in [-0.25, -0.2) is 4.39 Å². The fourth-order valence-electron chi connectivity index (χ4n) is 4.76. The molecule has 3 aromatic carbocycles. The number of hydrogen-bond donors (Lipinski definition) is 1. The molecule has 35 heavy (non-hydrogen) atoms. The molecular weight excluding hydrogens is 437 g/mol. The largest absolute Gasteiger partial charge is 0.322 e. The Kier molecular flexibility index (Phi) is 6.87. The van der Waals surface area contributed by atoms with Gasteiger partial charge in [-0.2, -0.15) is 0 Å². The third-order valence-corrected chi connectivity index (χ3v) is 6.76. The molecule has 0 spiro atoms. The first-order valence-electron chi connectivity index (χ1n) is 12.3. The molecule has 4 nitrogen and oxygen atoms in total. The van der Waals surface area contributed by atoms with E-state index in [1.54, 1.807) is 24.3 Å². The van der Waals surface area contributed by atoms with Crippen molar-refractivity contribution in [3.8, 4) is 11.1 Å². The van der Waals surface area contributed by atoms with Gasteiger partial charge in [-0.1, -0.05) is 37.1 Å². The summed E-state index contributed by atoms with van der Waals surface area (Å²) in [5, 5.41) is 4.13. The standard InChI is InChI=1S/C30H30FN3O/c1-21-16-26-17-22(20-34-14-4-2-3-5-15-34)19-32-29(26)18-28(21)33-30(35)25-8-6-23(7-9-25)24-10-12-27(31)13-11-24/h6-13,16-19H,2-5,14-15,20H2,1H3,(H,33,35). The zero-order valence-electron chi connectivity index (χ0n) is 20.1. The smallest absolute Gasteiger partial charge is 0.255 e. The summed E-state index contributed by atoms with van der Waals surface area (Å²) in [4.78, 5) is 20.1. The number of aryl methyl sites for hydroxylation is 1. The number of carbonyl (C=O) groups excluding carboxylic acids is 1. The van der Waals surface area contributed by atoms with Crippen LogP contribution in [0.25, 0.3) is 22.0 Å². The minimum absolute atomic E-state index is 0.170. The summed E-state index contributed by atoms with van der Waals surface area (Å²) in [5.41, 5.74) is 6.28. The number of pyridine rings is 1. The molecule has 4 aromatic rings. The lowest BCUT2D eigenvalue weighted by atomic mass is 10.0. The van der Waals surface area contributed by atoms with Gasteiger partial charge >= 0.3 is 0 Å². The van der Waals surface area contributed by atoms with Crippen molar-refractivity contribution in [1.82, 2.24) is 9.88 Å². The number of benzene rings is 3. The number of fused-ring (bicyclic) bond motifs is 1. The highest BCUT2D eigenvalue weighted by molar-refractivity contribution is 6.05. The molecule has 0 atom stereocenters. The second kappa shape index (κ2) is 10.4. The molecule has 0 aliphatic carbocycles. The lowest BCUT2D eigenvalue weighted by Gasteiger charge is -2.19. The van der Waals surface area contributed by atoms with Gasteiger partial charge in [0, 0.05) is 29.4 Å². The van der Waals surface area contributed by atoms with Gasteiger partial charge in [0.1, 0.15) is 5.82 Å². The van der Waals surface area contributed by atoms with Crippen molar-refractivity contribution in [2.45, 2.75) is 39.2 Å². The highest BCUT2D eigenvalue weighted by Crippen LogP contribution is 2.25. The van der Waals surface area contributed by atoms with Gasteiger partial charge in [-0.15, -0.1) is 0 Å². The molecule has 0 bridgehead atoms. The monoisotopic (exact) mass is 467 g/mol. The van der Waals surface area contributed by atoms with E-state index >= 15 is 0 Å². The number of nitrogens with zero attached hydrogens (tertiary/aromatic N) is 2. The number of nitrogens with one attached hydrogen (secondary N) is 1. The van der Waals surface area contributed by atoms with E-state index in [4.69, 9.17) is 4.98 Å². The van der Waals surface area contributed by atoms with Crippen LogP contribution in [-0.2, 0) is 6.54 Å². The molecule has 1 saturated heterocycles. The number of likely N-dealkylation sites (tertiary alicyclic amines) is 1. The molecule has 1 fully saturated rings. The molecule has 2 heterocycles. The van der Waals surface area contributed by atoms with Crippen molar-refractivity contribution in [3.63, 3.8) is 0 Å². The van der Waals surface area contributed by atoms with E-state index < -0.39 is 0 Å². The Morgan fingerprint density at radius 1 is 0.914 bits per heavy atom. The van der Waals surface area contributed by atoms with Crippen LogP contribution < -0.4 is 5.32 Å². The Morgan fingerprint density at radius 2 is 1.57 bits per heavy atom. The predicted molar refractivity (Wildman–Crippen MR) is 140 cm³/mol. The Bertz CT molecular complexity index is 1320. The summed E-state index contributed by atoms with van der Waals surface area (Å²) in [5.74, 6) is -0.436. The van der Waals surface area contributed by atoms with Crippen LogP contribution in [0.3, 0.4) is 0 Å². The first-order valence-corrected chi connectivity index (χ1v) is 12.3. The Hall–Kier alpha value is -3.57. The Labute approximate surface area is 205 Å². The number of aromatic nitrogens is 1. The van der Waals surface area contributed by atoms with Crippen LogP contribution in [0.2, 0.25) is 0 Å². The molecule has 0 radical (unpaired) electrons. The molecule has 1 aliphatic rings. The number of carbonyl (C=O) groups is 1. The number of halogens is 1. The Morgan fingerprint density at radius 3 is 2.26 bits per heavy atom. The summed E-state index contributed by atoms with van der Waals surface area (Å²) in [7, 11) is 0. The topological polar surface area (TPSA) is 45.2 Å². The van der Waals surface area contributed by atoms with Crippen LogP contribution in [-0.4, -0.2) is 28.9 Å². The van der Waals surface area contributed by atoms with Crippen molar-refractivity contribution < 1.29 is 9.18 Å². The predicted octanol–water partition coefficient (Wildman–Crippen LogP) is 6.98. The number of rotatable bonds is 5. The second-order valence-electron chi connectivity index (χ2n) is 9.43. The normalized spacial score (nSPS) is 14.6. The second-order valence-corrected chi connectivity index (χ2v) is 9.43. The van der Waals surface area contributed by atoms with Crippen LogP contribution in [0, 0.1) is 12.7 Å². The van der Waals surface area contributed by atoms with E-state index in [2.05, 4.69) is 22.3 Å².